The van der Waals surface area contributed by atoms with Gasteiger partial charge in [-0.3, -0.25) is 4.79 Å². The van der Waals surface area contributed by atoms with Crippen molar-refractivity contribution in [3.63, 3.8) is 0 Å². The fourth-order valence-corrected chi connectivity index (χ4v) is 6.41. The van der Waals surface area contributed by atoms with E-state index in [1.165, 1.54) is 6.33 Å². The smallest absolute Gasteiger partial charge is 0.387 e. The zero-order chi connectivity index (χ0) is 28.7. The van der Waals surface area contributed by atoms with Crippen LogP contribution in [-0.4, -0.2) is 61.5 Å². The first-order valence-corrected chi connectivity index (χ1v) is 14.3. The van der Waals surface area contributed by atoms with Crippen molar-refractivity contribution < 1.29 is 27.5 Å². The zero-order valence-corrected chi connectivity index (χ0v) is 24.3. The molecular formula is C27H34F4IN5O2. The maximum absolute atomic E-state index is 15.1. The summed E-state index contributed by atoms with van der Waals surface area (Å²) in [5.74, 6) is -1.47. The van der Waals surface area contributed by atoms with Gasteiger partial charge in [-0.25, -0.2) is 14.4 Å². The van der Waals surface area contributed by atoms with E-state index < -0.39 is 35.1 Å². The lowest BCUT2D eigenvalue weighted by Crippen LogP contribution is -2.51. The molecule has 1 unspecified atom stereocenters. The van der Waals surface area contributed by atoms with E-state index in [0.717, 1.165) is 23.5 Å². The van der Waals surface area contributed by atoms with E-state index in [-0.39, 0.29) is 21.3 Å². The number of halogens is 5. The van der Waals surface area contributed by atoms with Crippen molar-refractivity contribution in [3.8, 4) is 0 Å². The number of hydrogen-bond donors (Lipinski definition) is 2. The second-order valence-electron chi connectivity index (χ2n) is 11.2. The van der Waals surface area contributed by atoms with Crippen LogP contribution in [0, 0.1) is 5.82 Å². The molecular weight excluding hydrogens is 629 g/mol. The van der Waals surface area contributed by atoms with E-state index in [1.807, 2.05) is 20.8 Å². The van der Waals surface area contributed by atoms with Crippen molar-refractivity contribution in [2.24, 2.45) is 5.73 Å². The van der Waals surface area contributed by atoms with Crippen molar-refractivity contribution in [2.45, 2.75) is 73.6 Å². The number of alkyl halides is 4. The number of rotatable bonds is 7. The third kappa shape index (κ3) is 6.64. The summed E-state index contributed by atoms with van der Waals surface area (Å²) in [6, 6.07) is 2.39. The number of aliphatic hydroxyl groups excluding tert-OH is 1. The number of carbonyl (C=O) groups is 1. The topological polar surface area (TPSA) is 95.6 Å². The van der Waals surface area contributed by atoms with Gasteiger partial charge in [0, 0.05) is 46.8 Å². The van der Waals surface area contributed by atoms with Gasteiger partial charge in [0.05, 0.1) is 23.3 Å². The molecule has 2 heterocycles. The van der Waals surface area contributed by atoms with Crippen LogP contribution in [0.15, 0.2) is 24.5 Å². The van der Waals surface area contributed by atoms with Crippen LogP contribution in [0.2, 0.25) is 0 Å². The van der Waals surface area contributed by atoms with E-state index in [4.69, 9.17) is 5.73 Å². The minimum atomic E-state index is -4.68. The largest absolute Gasteiger partial charge is 0.416 e. The lowest BCUT2D eigenvalue weighted by molar-refractivity contribution is -0.137. The molecule has 4 rings (SSSR count). The average molecular weight is 663 g/mol. The molecule has 1 aromatic carbocycles. The van der Waals surface area contributed by atoms with E-state index in [1.54, 1.807) is 4.90 Å². The van der Waals surface area contributed by atoms with Gasteiger partial charge in [-0.05, 0) is 51.2 Å². The Morgan fingerprint density at radius 3 is 2.46 bits per heavy atom. The number of fused-ring (bicyclic) bond motifs is 1. The van der Waals surface area contributed by atoms with E-state index in [2.05, 4.69) is 37.5 Å². The number of benzene rings is 1. The minimum absolute atomic E-state index is 0.0407. The molecule has 0 bridgehead atoms. The molecule has 0 radical (unpaired) electrons. The van der Waals surface area contributed by atoms with Crippen LogP contribution in [0.4, 0.5) is 23.4 Å². The van der Waals surface area contributed by atoms with Crippen LogP contribution < -0.4 is 10.6 Å². The van der Waals surface area contributed by atoms with Crippen molar-refractivity contribution in [3.05, 3.63) is 52.7 Å². The molecule has 3 N–H and O–H groups in total. The van der Waals surface area contributed by atoms with Crippen LogP contribution in [0.3, 0.4) is 0 Å². The summed E-state index contributed by atoms with van der Waals surface area (Å²) in [5.41, 5.74) is 6.06. The molecule has 4 atom stereocenters. The second kappa shape index (κ2) is 11.4. The van der Waals surface area contributed by atoms with Gasteiger partial charge in [0.25, 0.3) is 0 Å². The highest BCUT2D eigenvalue weighted by molar-refractivity contribution is 14.1. The summed E-state index contributed by atoms with van der Waals surface area (Å²) < 4.78 is 54.3. The van der Waals surface area contributed by atoms with Crippen LogP contribution in [0.5, 0.6) is 0 Å². The molecule has 39 heavy (non-hydrogen) atoms. The number of carbonyl (C=O) groups excluding carboxylic acids is 1. The van der Waals surface area contributed by atoms with Crippen LogP contribution in [0.1, 0.15) is 80.4 Å². The van der Waals surface area contributed by atoms with Gasteiger partial charge in [-0.1, -0.05) is 35.6 Å². The molecule has 0 spiro atoms. The maximum Gasteiger partial charge on any atom is 0.416 e. The molecule has 214 valence electrons. The number of aromatic nitrogens is 2. The zero-order valence-electron chi connectivity index (χ0n) is 22.2. The van der Waals surface area contributed by atoms with Gasteiger partial charge in [-0.2, -0.15) is 13.2 Å². The minimum Gasteiger partial charge on any atom is -0.387 e. The number of aliphatic hydroxyl groups is 1. The number of anilines is 1. The highest BCUT2D eigenvalue weighted by atomic mass is 127. The molecule has 1 aliphatic heterocycles. The Hall–Kier alpha value is -2.06. The van der Waals surface area contributed by atoms with Crippen LogP contribution >= 0.6 is 22.6 Å². The van der Waals surface area contributed by atoms with Gasteiger partial charge in [-0.15, -0.1) is 0 Å². The molecule has 2 aliphatic rings. The quantitative estimate of drug-likeness (QED) is 0.248. The lowest BCUT2D eigenvalue weighted by atomic mass is 9.88. The number of nitrogens with two attached hydrogens (primary N) is 1. The van der Waals surface area contributed by atoms with Crippen LogP contribution in [0.25, 0.3) is 0 Å². The molecule has 2 aromatic rings. The van der Waals surface area contributed by atoms with Crippen LogP contribution in [-0.2, 0) is 11.0 Å². The summed E-state index contributed by atoms with van der Waals surface area (Å²) in [7, 11) is 0. The summed E-state index contributed by atoms with van der Waals surface area (Å²) >= 11 is 2.09. The number of piperazine rings is 1. The third-order valence-electron chi connectivity index (χ3n) is 7.52. The monoisotopic (exact) mass is 663 g/mol. The number of hydrogen-bond acceptors (Lipinski definition) is 6. The van der Waals surface area contributed by atoms with Gasteiger partial charge >= 0.3 is 6.18 Å². The second-order valence-corrected chi connectivity index (χ2v) is 12.8. The van der Waals surface area contributed by atoms with Crippen molar-refractivity contribution in [1.82, 2.24) is 14.9 Å². The number of nitrogens with zero attached hydrogens (tertiary/aromatic N) is 4. The summed E-state index contributed by atoms with van der Waals surface area (Å²) in [6.07, 6.45) is -2.24. The molecule has 1 aromatic heterocycles. The van der Waals surface area contributed by atoms with Gasteiger partial charge in [0.1, 0.15) is 18.0 Å². The third-order valence-corrected chi connectivity index (χ3v) is 8.87. The Bertz CT molecular complexity index is 1200. The normalized spacial score (nSPS) is 21.6. The Morgan fingerprint density at radius 2 is 1.87 bits per heavy atom. The molecule has 12 heteroatoms. The van der Waals surface area contributed by atoms with E-state index in [0.29, 0.717) is 57.2 Å². The van der Waals surface area contributed by atoms with Gasteiger partial charge in [0.15, 0.2) is 0 Å². The predicted octanol–water partition coefficient (Wildman–Crippen LogP) is 4.93. The first kappa shape index (κ1) is 29.9. The summed E-state index contributed by atoms with van der Waals surface area (Å²) in [5, 5.41) is 10.3. The van der Waals surface area contributed by atoms with E-state index >= 15 is 4.39 Å². The molecule has 7 nitrogen and oxygen atoms in total. The fraction of sp³-hybridized carbons (Fsp3) is 0.593. The lowest BCUT2D eigenvalue weighted by Gasteiger charge is -2.39. The molecule has 1 amide bonds. The van der Waals surface area contributed by atoms with E-state index in [9.17, 15) is 23.1 Å². The standard InChI is InChI=1S/C27H34F4IN5O2/c1-15-12-20(38)23-21(15)24(35-14-34-23)36-8-10-37(11-9-36)25(39)22(19(32)6-7-26(2,3)33)17-5-4-16(13-18(17)28)27(29,30)31/h4-5,13-15,19-20,22,38H,6-12,33H2,1-3H3/t15-,19?,20+,22+/m1/s1. The Balaban J connectivity index is 1.56. The van der Waals surface area contributed by atoms with Crippen molar-refractivity contribution >= 4 is 34.3 Å². The summed E-state index contributed by atoms with van der Waals surface area (Å²) in [6.45, 7) is 7.37. The molecule has 0 saturated carbocycles. The molecule has 1 aliphatic carbocycles. The predicted molar refractivity (Wildman–Crippen MR) is 148 cm³/mol. The summed E-state index contributed by atoms with van der Waals surface area (Å²) in [4.78, 5) is 26.3. The van der Waals surface area contributed by atoms with Crippen molar-refractivity contribution in [2.75, 3.05) is 31.1 Å². The Morgan fingerprint density at radius 1 is 1.21 bits per heavy atom. The maximum atomic E-state index is 15.1. The highest BCUT2D eigenvalue weighted by Gasteiger charge is 2.39. The fourth-order valence-electron chi connectivity index (χ4n) is 5.40. The SMILES string of the molecule is C[C@@H]1C[C@H](O)c2ncnc(N3CCN(C(=O)[C@@H](c4ccc(C(F)(F)F)cc4F)C(I)CCC(C)(C)N)CC3)c21. The molecule has 1 saturated heterocycles. The Labute approximate surface area is 239 Å². The Kier molecular flexibility index (Phi) is 8.77. The first-order chi connectivity index (χ1) is 18.2. The number of amides is 1. The first-order valence-electron chi connectivity index (χ1n) is 13.0. The van der Waals surface area contributed by atoms with Crippen molar-refractivity contribution in [1.29, 1.82) is 0 Å². The van der Waals surface area contributed by atoms with Gasteiger partial charge in [0.2, 0.25) is 5.91 Å². The highest BCUT2D eigenvalue weighted by Crippen LogP contribution is 2.43. The molecule has 1 fully saturated rings. The average Bonchev–Trinajstić information content (AvgIpc) is 3.16. The van der Waals surface area contributed by atoms with Gasteiger partial charge < -0.3 is 20.6 Å².